The first-order valence-corrected chi connectivity index (χ1v) is 8.94. The van der Waals surface area contributed by atoms with Gasteiger partial charge in [0.25, 0.3) is 0 Å². The van der Waals surface area contributed by atoms with Gasteiger partial charge in [0, 0.05) is 32.1 Å². The van der Waals surface area contributed by atoms with Crippen LogP contribution in [0.5, 0.6) is 0 Å². The summed E-state index contributed by atoms with van der Waals surface area (Å²) < 4.78 is 7.91. The molecule has 1 aromatic heterocycles. The normalized spacial score (nSPS) is 27.1. The number of nitrogens with zero attached hydrogens (tertiary/aromatic N) is 3. The Hall–Kier alpha value is -0.870. The van der Waals surface area contributed by atoms with Crippen molar-refractivity contribution in [3.05, 3.63) is 18.5 Å². The molecule has 0 radical (unpaired) electrons. The molecule has 0 spiro atoms. The molecular weight excluding hydrogens is 274 g/mol. The zero-order chi connectivity index (χ0) is 15.4. The number of hydrogen-bond acceptors (Lipinski definition) is 3. The summed E-state index contributed by atoms with van der Waals surface area (Å²) in [6.07, 6.45) is 10.4. The first-order valence-electron chi connectivity index (χ1n) is 8.94. The summed E-state index contributed by atoms with van der Waals surface area (Å²) in [7, 11) is 0. The van der Waals surface area contributed by atoms with Crippen molar-refractivity contribution < 1.29 is 4.74 Å². The molecule has 22 heavy (non-hydrogen) atoms. The smallest absolute Gasteiger partial charge is 0.0629 e. The maximum Gasteiger partial charge on any atom is 0.0629 e. The molecule has 1 atom stereocenters. The van der Waals surface area contributed by atoms with E-state index in [-0.39, 0.29) is 5.60 Å². The van der Waals surface area contributed by atoms with Gasteiger partial charge in [0.15, 0.2) is 0 Å². The average Bonchev–Trinajstić information content (AvgIpc) is 2.99. The molecule has 2 aliphatic heterocycles. The highest BCUT2D eigenvalue weighted by molar-refractivity contribution is 4.83. The minimum Gasteiger partial charge on any atom is -0.376 e. The minimum atomic E-state index is 0.0883. The fourth-order valence-corrected chi connectivity index (χ4v) is 4.08. The second-order valence-corrected chi connectivity index (χ2v) is 7.77. The Balaban J connectivity index is 1.36. The van der Waals surface area contributed by atoms with Gasteiger partial charge in [-0.3, -0.25) is 4.68 Å². The fourth-order valence-electron chi connectivity index (χ4n) is 4.08. The molecule has 4 nitrogen and oxygen atoms in total. The zero-order valence-electron chi connectivity index (χ0n) is 14.2. The van der Waals surface area contributed by atoms with Crippen LogP contribution in [0.3, 0.4) is 0 Å². The molecule has 4 heteroatoms. The van der Waals surface area contributed by atoms with Crippen molar-refractivity contribution in [1.82, 2.24) is 14.7 Å². The monoisotopic (exact) mass is 305 g/mol. The van der Waals surface area contributed by atoms with Gasteiger partial charge in [0.05, 0.1) is 5.60 Å². The van der Waals surface area contributed by atoms with Crippen molar-refractivity contribution in [3.8, 4) is 0 Å². The first-order chi connectivity index (χ1) is 10.6. The largest absolute Gasteiger partial charge is 0.376 e. The van der Waals surface area contributed by atoms with Crippen LogP contribution < -0.4 is 0 Å². The summed E-state index contributed by atoms with van der Waals surface area (Å²) in [4.78, 5) is 2.69. The van der Waals surface area contributed by atoms with E-state index in [1.807, 2.05) is 12.3 Å². The maximum absolute atomic E-state index is 5.84. The number of aryl methyl sites for hydroxylation is 1. The molecule has 124 valence electrons. The second-order valence-electron chi connectivity index (χ2n) is 7.77. The van der Waals surface area contributed by atoms with E-state index in [1.165, 1.54) is 51.7 Å². The van der Waals surface area contributed by atoms with Gasteiger partial charge in [-0.25, -0.2) is 0 Å². The molecule has 1 aromatic rings. The SMILES string of the molecule is CC1(C)CC(CN2CCC(CCn3cccn3)CC2)CCO1. The van der Waals surface area contributed by atoms with Crippen LogP contribution in [0.25, 0.3) is 0 Å². The molecule has 2 fully saturated rings. The topological polar surface area (TPSA) is 30.3 Å². The van der Waals surface area contributed by atoms with Crippen molar-refractivity contribution in [1.29, 1.82) is 0 Å². The molecule has 2 aliphatic rings. The highest BCUT2D eigenvalue weighted by Crippen LogP contribution is 2.30. The number of rotatable bonds is 5. The third-order valence-corrected chi connectivity index (χ3v) is 5.35. The number of piperidine rings is 1. The van der Waals surface area contributed by atoms with E-state index in [9.17, 15) is 0 Å². The molecule has 3 rings (SSSR count). The number of ether oxygens (including phenoxy) is 1. The van der Waals surface area contributed by atoms with E-state index in [2.05, 4.69) is 34.7 Å². The van der Waals surface area contributed by atoms with Crippen molar-refractivity contribution >= 4 is 0 Å². The van der Waals surface area contributed by atoms with Gasteiger partial charge in [-0.1, -0.05) is 0 Å². The van der Waals surface area contributed by atoms with E-state index >= 15 is 0 Å². The van der Waals surface area contributed by atoms with Gasteiger partial charge in [-0.05, 0) is 76.9 Å². The summed E-state index contributed by atoms with van der Waals surface area (Å²) in [5.74, 6) is 1.70. The molecule has 3 heterocycles. The third kappa shape index (κ3) is 4.56. The Bertz CT molecular complexity index is 435. The van der Waals surface area contributed by atoms with E-state index in [0.717, 1.165) is 25.0 Å². The van der Waals surface area contributed by atoms with E-state index < -0.39 is 0 Å². The van der Waals surface area contributed by atoms with Crippen LogP contribution in [-0.2, 0) is 11.3 Å². The molecule has 0 amide bonds. The van der Waals surface area contributed by atoms with Crippen LogP contribution in [0.2, 0.25) is 0 Å². The molecule has 0 saturated carbocycles. The number of hydrogen-bond donors (Lipinski definition) is 0. The van der Waals surface area contributed by atoms with E-state index in [0.29, 0.717) is 0 Å². The summed E-state index contributed by atoms with van der Waals surface area (Å²) >= 11 is 0. The van der Waals surface area contributed by atoms with Crippen molar-refractivity contribution in [2.45, 2.75) is 58.1 Å². The van der Waals surface area contributed by atoms with Crippen molar-refractivity contribution in [2.24, 2.45) is 11.8 Å². The lowest BCUT2D eigenvalue weighted by atomic mass is 9.87. The van der Waals surface area contributed by atoms with Crippen molar-refractivity contribution in [2.75, 3.05) is 26.2 Å². The molecular formula is C18H31N3O. The second kappa shape index (κ2) is 7.14. The molecule has 2 saturated heterocycles. The van der Waals surface area contributed by atoms with Crippen molar-refractivity contribution in [3.63, 3.8) is 0 Å². The molecule has 0 N–H and O–H groups in total. The lowest BCUT2D eigenvalue weighted by molar-refractivity contribution is -0.0778. The molecule has 0 aromatic carbocycles. The zero-order valence-corrected chi connectivity index (χ0v) is 14.2. The van der Waals surface area contributed by atoms with Gasteiger partial charge < -0.3 is 9.64 Å². The van der Waals surface area contributed by atoms with E-state index in [1.54, 1.807) is 0 Å². The Labute approximate surface area is 134 Å². The van der Waals surface area contributed by atoms with Gasteiger partial charge in [-0.2, -0.15) is 5.10 Å². The Kier molecular flexibility index (Phi) is 5.19. The first kappa shape index (κ1) is 16.0. The van der Waals surface area contributed by atoms with Gasteiger partial charge in [0.2, 0.25) is 0 Å². The average molecular weight is 305 g/mol. The van der Waals surface area contributed by atoms with Gasteiger partial charge >= 0.3 is 0 Å². The number of likely N-dealkylation sites (tertiary alicyclic amines) is 1. The standard InChI is InChI=1S/C18H31N3O/c1-18(2)14-17(7-13-22-18)15-20-10-4-16(5-11-20)6-12-21-9-3-8-19-21/h3,8-9,16-17H,4-7,10-15H2,1-2H3. The predicted molar refractivity (Wildman–Crippen MR) is 88.8 cm³/mol. The highest BCUT2D eigenvalue weighted by atomic mass is 16.5. The lowest BCUT2D eigenvalue weighted by Gasteiger charge is -2.39. The molecule has 0 aliphatic carbocycles. The van der Waals surface area contributed by atoms with Gasteiger partial charge in [-0.15, -0.1) is 0 Å². The van der Waals surface area contributed by atoms with Crippen LogP contribution >= 0.6 is 0 Å². The van der Waals surface area contributed by atoms with E-state index in [4.69, 9.17) is 4.74 Å². The van der Waals surface area contributed by atoms with Crippen LogP contribution in [0, 0.1) is 11.8 Å². The summed E-state index contributed by atoms with van der Waals surface area (Å²) in [5, 5.41) is 4.30. The Morgan fingerprint density at radius 2 is 2.00 bits per heavy atom. The summed E-state index contributed by atoms with van der Waals surface area (Å²) in [6.45, 7) is 10.3. The van der Waals surface area contributed by atoms with Crippen LogP contribution in [0.4, 0.5) is 0 Å². The fraction of sp³-hybridized carbons (Fsp3) is 0.833. The van der Waals surface area contributed by atoms with Gasteiger partial charge in [0.1, 0.15) is 0 Å². The maximum atomic E-state index is 5.84. The Morgan fingerprint density at radius 1 is 1.18 bits per heavy atom. The predicted octanol–water partition coefficient (Wildman–Crippen LogP) is 3.19. The van der Waals surface area contributed by atoms with Crippen LogP contribution in [-0.4, -0.2) is 46.5 Å². The quantitative estimate of drug-likeness (QED) is 0.837. The highest BCUT2D eigenvalue weighted by Gasteiger charge is 2.30. The summed E-state index contributed by atoms with van der Waals surface area (Å²) in [6, 6.07) is 2.01. The third-order valence-electron chi connectivity index (χ3n) is 5.35. The molecule has 0 bridgehead atoms. The minimum absolute atomic E-state index is 0.0883. The lowest BCUT2D eigenvalue weighted by Crippen LogP contribution is -2.42. The van der Waals surface area contributed by atoms with Crippen LogP contribution in [0.1, 0.15) is 46.0 Å². The van der Waals surface area contributed by atoms with Crippen LogP contribution in [0.15, 0.2) is 18.5 Å². The number of aromatic nitrogens is 2. The summed E-state index contributed by atoms with van der Waals surface area (Å²) in [5.41, 5.74) is 0.0883. The Morgan fingerprint density at radius 3 is 2.68 bits per heavy atom. The molecule has 1 unspecified atom stereocenters.